The van der Waals surface area contributed by atoms with Crippen molar-refractivity contribution in [2.24, 2.45) is 5.92 Å². The molecule has 0 radical (unpaired) electrons. The van der Waals surface area contributed by atoms with E-state index < -0.39 is 21.5 Å². The van der Waals surface area contributed by atoms with Crippen molar-refractivity contribution in [1.82, 2.24) is 9.78 Å². The van der Waals surface area contributed by atoms with Crippen LogP contribution in [0.4, 0.5) is 4.39 Å². The molecule has 0 saturated heterocycles. The first-order valence-electron chi connectivity index (χ1n) is 7.88. The van der Waals surface area contributed by atoms with Crippen molar-refractivity contribution in [3.63, 3.8) is 0 Å². The first kappa shape index (κ1) is 19.9. The van der Waals surface area contributed by atoms with Crippen LogP contribution in [-0.2, 0) is 16.7 Å². The van der Waals surface area contributed by atoms with Crippen molar-refractivity contribution in [3.05, 3.63) is 39.9 Å². The zero-order valence-corrected chi connectivity index (χ0v) is 16.1. The van der Waals surface area contributed by atoms with Gasteiger partial charge in [0, 0.05) is 17.7 Å². The molecule has 9 heteroatoms. The summed E-state index contributed by atoms with van der Waals surface area (Å²) in [7, 11) is -2.57. The van der Waals surface area contributed by atoms with Crippen molar-refractivity contribution in [3.8, 4) is 22.8 Å². The third kappa shape index (κ3) is 4.40. The van der Waals surface area contributed by atoms with Crippen LogP contribution in [0.2, 0.25) is 0 Å². The summed E-state index contributed by atoms with van der Waals surface area (Å²) in [6, 6.07) is 4.22. The average molecular weight is 384 g/mol. The largest absolute Gasteiger partial charge is 0.494 e. The lowest BCUT2D eigenvalue weighted by atomic mass is 10.1. The summed E-state index contributed by atoms with van der Waals surface area (Å²) in [5, 5.41) is 4.29. The van der Waals surface area contributed by atoms with Crippen LogP contribution in [0, 0.1) is 18.7 Å². The topological polar surface area (TPSA) is 87.5 Å². The molecule has 1 heterocycles. The van der Waals surface area contributed by atoms with Gasteiger partial charge in [0.2, 0.25) is 5.75 Å². The molecule has 0 aliphatic carbocycles. The van der Waals surface area contributed by atoms with Gasteiger partial charge in [-0.3, -0.25) is 4.79 Å². The number of aromatic nitrogens is 2. The number of ether oxygens (including phenoxy) is 1. The summed E-state index contributed by atoms with van der Waals surface area (Å²) in [5.74, 6) is -0.795. The fourth-order valence-electron chi connectivity index (χ4n) is 2.43. The second kappa shape index (κ2) is 7.45. The van der Waals surface area contributed by atoms with E-state index in [-0.39, 0.29) is 35.2 Å². The van der Waals surface area contributed by atoms with Crippen LogP contribution in [0.15, 0.2) is 23.0 Å². The van der Waals surface area contributed by atoms with Crippen LogP contribution in [0.25, 0.3) is 11.3 Å². The second-order valence-electron chi connectivity index (χ2n) is 6.32. The van der Waals surface area contributed by atoms with Gasteiger partial charge < -0.3 is 8.92 Å². The molecule has 0 aliphatic rings. The minimum atomic E-state index is -3.92. The molecule has 142 valence electrons. The molecular weight excluding hydrogens is 363 g/mol. The molecule has 0 amide bonds. The van der Waals surface area contributed by atoms with Gasteiger partial charge in [-0.15, -0.1) is 0 Å². The zero-order chi connectivity index (χ0) is 19.6. The molecule has 7 nitrogen and oxygen atoms in total. The number of rotatable bonds is 6. The van der Waals surface area contributed by atoms with Crippen LogP contribution in [0.5, 0.6) is 11.5 Å². The Labute approximate surface area is 151 Å². The SMILES string of the molecule is COc1ccc(-c2nn(CC(C)C)c(=O)c(OS(C)(=O)=O)c2C)cc1F. The van der Waals surface area contributed by atoms with Gasteiger partial charge in [-0.25, -0.2) is 9.07 Å². The smallest absolute Gasteiger partial charge is 0.311 e. The van der Waals surface area contributed by atoms with Crippen LogP contribution in [0.3, 0.4) is 0 Å². The fourth-order valence-corrected chi connectivity index (χ4v) is 2.93. The van der Waals surface area contributed by atoms with E-state index >= 15 is 0 Å². The molecule has 0 spiro atoms. The van der Waals surface area contributed by atoms with Crippen LogP contribution < -0.4 is 14.5 Å². The monoisotopic (exact) mass is 384 g/mol. The molecular formula is C17H21FN2O5S. The Kier molecular flexibility index (Phi) is 5.70. The molecule has 0 unspecified atom stereocenters. The number of benzene rings is 1. The predicted molar refractivity (Wildman–Crippen MR) is 95.5 cm³/mol. The molecule has 0 aliphatic heterocycles. The van der Waals surface area contributed by atoms with Gasteiger partial charge in [0.25, 0.3) is 0 Å². The summed E-state index contributed by atoms with van der Waals surface area (Å²) in [4.78, 5) is 12.6. The Morgan fingerprint density at radius 3 is 2.46 bits per heavy atom. The third-order valence-electron chi connectivity index (χ3n) is 3.54. The summed E-state index contributed by atoms with van der Waals surface area (Å²) >= 11 is 0. The highest BCUT2D eigenvalue weighted by Crippen LogP contribution is 2.29. The highest BCUT2D eigenvalue weighted by molar-refractivity contribution is 7.86. The number of nitrogens with zero attached hydrogens (tertiary/aromatic N) is 2. The van der Waals surface area contributed by atoms with Crippen LogP contribution >= 0.6 is 0 Å². The van der Waals surface area contributed by atoms with Gasteiger partial charge in [0.1, 0.15) is 0 Å². The lowest BCUT2D eigenvalue weighted by molar-refractivity contribution is 0.386. The van der Waals surface area contributed by atoms with E-state index in [4.69, 9.17) is 8.92 Å². The predicted octanol–water partition coefficient (Wildman–Crippen LogP) is 2.36. The van der Waals surface area contributed by atoms with E-state index in [9.17, 15) is 17.6 Å². The van der Waals surface area contributed by atoms with E-state index in [2.05, 4.69) is 5.10 Å². The first-order valence-corrected chi connectivity index (χ1v) is 9.70. The van der Waals surface area contributed by atoms with Gasteiger partial charge in [-0.05, 0) is 31.0 Å². The van der Waals surface area contributed by atoms with Crippen LogP contribution in [0.1, 0.15) is 19.4 Å². The Morgan fingerprint density at radius 2 is 1.96 bits per heavy atom. The van der Waals surface area contributed by atoms with Crippen molar-refractivity contribution in [2.45, 2.75) is 27.3 Å². The fraction of sp³-hybridized carbons (Fsp3) is 0.412. The summed E-state index contributed by atoms with van der Waals surface area (Å²) in [6.45, 7) is 5.53. The quantitative estimate of drug-likeness (QED) is 0.711. The van der Waals surface area contributed by atoms with Crippen molar-refractivity contribution < 1.29 is 21.7 Å². The Morgan fingerprint density at radius 1 is 1.31 bits per heavy atom. The molecule has 0 fully saturated rings. The highest BCUT2D eigenvalue weighted by Gasteiger charge is 2.21. The Bertz CT molecular complexity index is 983. The number of hydrogen-bond acceptors (Lipinski definition) is 6. The first-order chi connectivity index (χ1) is 12.0. The molecule has 2 rings (SSSR count). The molecule has 0 bridgehead atoms. The van der Waals surface area contributed by atoms with E-state index in [0.29, 0.717) is 5.56 Å². The minimum absolute atomic E-state index is 0.0644. The second-order valence-corrected chi connectivity index (χ2v) is 7.90. The number of halogens is 1. The molecule has 2 aromatic rings. The standard InChI is InChI=1S/C17H21FN2O5S/c1-10(2)9-20-17(21)16(25-26(5,22)23)11(3)15(19-20)12-6-7-14(24-4)13(18)8-12/h6-8,10H,9H2,1-5H3. The third-order valence-corrected chi connectivity index (χ3v) is 4.01. The Hall–Kier alpha value is -2.42. The molecule has 0 atom stereocenters. The van der Waals surface area contributed by atoms with Gasteiger partial charge in [-0.1, -0.05) is 13.8 Å². The lowest BCUT2D eigenvalue weighted by Gasteiger charge is -2.15. The zero-order valence-electron chi connectivity index (χ0n) is 15.2. The maximum absolute atomic E-state index is 14.1. The minimum Gasteiger partial charge on any atom is -0.494 e. The number of hydrogen-bond donors (Lipinski definition) is 0. The average Bonchev–Trinajstić information content (AvgIpc) is 2.52. The van der Waals surface area contributed by atoms with Gasteiger partial charge in [0.05, 0.1) is 19.1 Å². The maximum Gasteiger partial charge on any atom is 0.311 e. The normalized spacial score (nSPS) is 11.7. The summed E-state index contributed by atoms with van der Waals surface area (Å²) in [5.41, 5.74) is 0.187. The van der Waals surface area contributed by atoms with Gasteiger partial charge in [0.15, 0.2) is 11.6 Å². The van der Waals surface area contributed by atoms with E-state index in [0.717, 1.165) is 10.9 Å². The molecule has 1 aromatic carbocycles. The van der Waals surface area contributed by atoms with E-state index in [1.165, 1.54) is 26.2 Å². The molecule has 26 heavy (non-hydrogen) atoms. The highest BCUT2D eigenvalue weighted by atomic mass is 32.2. The van der Waals surface area contributed by atoms with Gasteiger partial charge >= 0.3 is 15.7 Å². The molecule has 0 N–H and O–H groups in total. The molecule has 1 aromatic heterocycles. The lowest BCUT2D eigenvalue weighted by Crippen LogP contribution is -2.29. The summed E-state index contributed by atoms with van der Waals surface area (Å²) < 4.78 is 48.1. The maximum atomic E-state index is 14.1. The van der Waals surface area contributed by atoms with E-state index in [1.807, 2.05) is 13.8 Å². The van der Waals surface area contributed by atoms with Crippen molar-refractivity contribution in [1.29, 1.82) is 0 Å². The number of methoxy groups -OCH3 is 1. The van der Waals surface area contributed by atoms with E-state index in [1.54, 1.807) is 6.07 Å². The van der Waals surface area contributed by atoms with Gasteiger partial charge in [-0.2, -0.15) is 13.5 Å². The molecule has 0 saturated carbocycles. The summed E-state index contributed by atoms with van der Waals surface area (Å²) in [6.07, 6.45) is 0.853. The van der Waals surface area contributed by atoms with Crippen molar-refractivity contribution >= 4 is 10.1 Å². The van der Waals surface area contributed by atoms with Crippen LogP contribution in [-0.4, -0.2) is 31.6 Å². The van der Waals surface area contributed by atoms with Crippen molar-refractivity contribution in [2.75, 3.05) is 13.4 Å². The Balaban J connectivity index is 2.74.